The molecule has 32 heavy (non-hydrogen) atoms. The summed E-state index contributed by atoms with van der Waals surface area (Å²) in [5.74, 6) is -0.176. The third-order valence-electron chi connectivity index (χ3n) is 6.67. The van der Waals surface area contributed by atoms with E-state index in [9.17, 15) is 14.7 Å². The Morgan fingerprint density at radius 1 is 1.22 bits per heavy atom. The number of H-pyrrole nitrogens is 1. The number of anilines is 1. The molecular formula is C25H28N4O3. The zero-order valence-electron chi connectivity index (χ0n) is 18.5. The summed E-state index contributed by atoms with van der Waals surface area (Å²) in [4.78, 5) is 31.1. The molecule has 3 N–H and O–H groups in total. The van der Waals surface area contributed by atoms with Gasteiger partial charge in [-0.3, -0.25) is 9.59 Å². The molecule has 1 fully saturated rings. The van der Waals surface area contributed by atoms with Gasteiger partial charge in [-0.25, -0.2) is 4.98 Å². The number of carbonyl (C=O) groups is 2. The average Bonchev–Trinajstić information content (AvgIpc) is 3.26. The molecule has 0 spiro atoms. The Morgan fingerprint density at radius 2 is 1.97 bits per heavy atom. The summed E-state index contributed by atoms with van der Waals surface area (Å²) in [6, 6.07) is 7.52. The number of aromatic amines is 1. The number of aliphatic hydroxyl groups is 1. The predicted molar refractivity (Wildman–Crippen MR) is 121 cm³/mol. The van der Waals surface area contributed by atoms with Gasteiger partial charge in [-0.15, -0.1) is 0 Å². The zero-order valence-corrected chi connectivity index (χ0v) is 18.5. The van der Waals surface area contributed by atoms with Gasteiger partial charge < -0.3 is 15.4 Å². The van der Waals surface area contributed by atoms with Gasteiger partial charge in [0.1, 0.15) is 17.5 Å². The van der Waals surface area contributed by atoms with Crippen LogP contribution in [0.4, 0.5) is 5.69 Å². The van der Waals surface area contributed by atoms with Crippen molar-refractivity contribution in [1.29, 1.82) is 5.26 Å². The van der Waals surface area contributed by atoms with Crippen molar-refractivity contribution in [3.8, 4) is 6.07 Å². The fraction of sp³-hybridized carbons (Fsp3) is 0.440. The maximum absolute atomic E-state index is 12.7. The largest absolute Gasteiger partial charge is 0.385 e. The zero-order chi connectivity index (χ0) is 22.9. The van der Waals surface area contributed by atoms with E-state index in [1.54, 1.807) is 0 Å². The third kappa shape index (κ3) is 4.51. The number of rotatable bonds is 4. The number of benzene rings is 1. The Hall–Kier alpha value is -3.24. The number of allylic oxidation sites excluding steroid dienone is 2. The molecule has 2 aliphatic carbocycles. The van der Waals surface area contributed by atoms with E-state index in [1.165, 1.54) is 6.20 Å². The normalized spacial score (nSPS) is 19.7. The second kappa shape index (κ2) is 8.36. The maximum atomic E-state index is 12.7. The van der Waals surface area contributed by atoms with E-state index in [2.05, 4.69) is 35.2 Å². The molecule has 0 radical (unpaired) electrons. The maximum Gasteiger partial charge on any atom is 0.291 e. The van der Waals surface area contributed by atoms with Crippen LogP contribution >= 0.6 is 0 Å². The van der Waals surface area contributed by atoms with Crippen LogP contribution in [-0.2, 0) is 10.4 Å². The van der Waals surface area contributed by atoms with Crippen molar-refractivity contribution in [3.63, 3.8) is 0 Å². The number of amides is 1. The number of ketones is 1. The lowest BCUT2D eigenvalue weighted by Gasteiger charge is -2.33. The smallest absolute Gasteiger partial charge is 0.291 e. The van der Waals surface area contributed by atoms with Gasteiger partial charge in [0.05, 0.1) is 11.8 Å². The Kier molecular flexibility index (Phi) is 5.74. The Balaban J connectivity index is 1.69. The van der Waals surface area contributed by atoms with Crippen LogP contribution in [0.5, 0.6) is 0 Å². The molecule has 2 aromatic rings. The SMILES string of the molecule is CC1(C)CC=C(c2cc(C3(O)CCC(=O)CC3)ccc2NC(=O)c2ncc(C#N)[nH]2)CC1. The molecule has 0 aliphatic heterocycles. The van der Waals surface area contributed by atoms with E-state index in [0.29, 0.717) is 31.4 Å². The molecule has 0 atom stereocenters. The van der Waals surface area contributed by atoms with Gasteiger partial charge in [0.15, 0.2) is 5.82 Å². The topological polar surface area (TPSA) is 119 Å². The summed E-state index contributed by atoms with van der Waals surface area (Å²) in [6.07, 6.45) is 7.94. The van der Waals surface area contributed by atoms with Crippen LogP contribution in [0.2, 0.25) is 0 Å². The van der Waals surface area contributed by atoms with Crippen molar-refractivity contribution in [2.24, 2.45) is 5.41 Å². The average molecular weight is 433 g/mol. The first-order valence-electron chi connectivity index (χ1n) is 11.0. The van der Waals surface area contributed by atoms with Gasteiger partial charge in [-0.2, -0.15) is 5.26 Å². The number of carbonyl (C=O) groups excluding carboxylic acids is 2. The van der Waals surface area contributed by atoms with Crippen LogP contribution in [0.25, 0.3) is 5.57 Å². The number of nitrogens with zero attached hydrogens (tertiary/aromatic N) is 2. The lowest BCUT2D eigenvalue weighted by atomic mass is 9.75. The minimum absolute atomic E-state index is 0.0692. The molecule has 1 heterocycles. The first kappa shape index (κ1) is 22.0. The number of hydrogen-bond acceptors (Lipinski definition) is 5. The van der Waals surface area contributed by atoms with Crippen molar-refractivity contribution in [3.05, 3.63) is 53.1 Å². The second-order valence-corrected chi connectivity index (χ2v) is 9.64. The van der Waals surface area contributed by atoms with Crippen LogP contribution in [0.15, 0.2) is 30.5 Å². The van der Waals surface area contributed by atoms with Crippen LogP contribution in [0, 0.1) is 16.7 Å². The molecule has 1 amide bonds. The highest BCUT2D eigenvalue weighted by molar-refractivity contribution is 6.03. The lowest BCUT2D eigenvalue weighted by molar-refractivity contribution is -0.125. The molecule has 1 saturated carbocycles. The molecule has 2 aliphatic rings. The van der Waals surface area contributed by atoms with Crippen molar-refractivity contribution in [2.75, 3.05) is 5.32 Å². The highest BCUT2D eigenvalue weighted by Crippen LogP contribution is 2.42. The molecule has 0 unspecified atom stereocenters. The number of hydrogen-bond donors (Lipinski definition) is 3. The molecule has 7 heteroatoms. The van der Waals surface area contributed by atoms with Crippen molar-refractivity contribution in [1.82, 2.24) is 9.97 Å². The number of Topliss-reactive ketones (excluding diaryl/α,β-unsaturated/α-hetero) is 1. The van der Waals surface area contributed by atoms with Crippen LogP contribution in [0.3, 0.4) is 0 Å². The summed E-state index contributed by atoms with van der Waals surface area (Å²) in [7, 11) is 0. The van der Waals surface area contributed by atoms with Crippen molar-refractivity contribution in [2.45, 2.75) is 64.4 Å². The van der Waals surface area contributed by atoms with E-state index in [-0.39, 0.29) is 22.7 Å². The minimum Gasteiger partial charge on any atom is -0.385 e. The van der Waals surface area contributed by atoms with Crippen LogP contribution < -0.4 is 5.32 Å². The first-order chi connectivity index (χ1) is 15.2. The van der Waals surface area contributed by atoms with Gasteiger partial charge in [-0.1, -0.05) is 26.0 Å². The summed E-state index contributed by atoms with van der Waals surface area (Å²) in [5.41, 5.74) is 2.83. The number of nitrogens with one attached hydrogen (secondary N) is 2. The van der Waals surface area contributed by atoms with Gasteiger partial charge in [-0.05, 0) is 60.8 Å². The molecule has 0 saturated heterocycles. The first-order valence-corrected chi connectivity index (χ1v) is 11.0. The molecule has 7 nitrogen and oxygen atoms in total. The molecule has 0 bridgehead atoms. The fourth-order valence-corrected chi connectivity index (χ4v) is 4.44. The van der Waals surface area contributed by atoms with Gasteiger partial charge in [0, 0.05) is 24.1 Å². The van der Waals surface area contributed by atoms with E-state index in [4.69, 9.17) is 5.26 Å². The highest BCUT2D eigenvalue weighted by Gasteiger charge is 2.35. The highest BCUT2D eigenvalue weighted by atomic mass is 16.3. The molecule has 1 aromatic carbocycles. The molecule has 166 valence electrons. The quantitative estimate of drug-likeness (QED) is 0.659. The number of nitriles is 1. The summed E-state index contributed by atoms with van der Waals surface area (Å²) >= 11 is 0. The molecule has 1 aromatic heterocycles. The van der Waals surface area contributed by atoms with E-state index < -0.39 is 11.5 Å². The third-order valence-corrected chi connectivity index (χ3v) is 6.67. The van der Waals surface area contributed by atoms with Gasteiger partial charge in [0.25, 0.3) is 5.91 Å². The standard InChI is InChI=1S/C25H28N4O3/c1-24(2)9-5-16(6-10-24)20-13-17(25(32)11-7-19(30)8-12-25)3-4-21(20)29-23(31)22-27-15-18(14-26)28-22/h3-5,13,15,32H,6-12H2,1-2H3,(H,27,28)(H,29,31). The van der Waals surface area contributed by atoms with Gasteiger partial charge >= 0.3 is 0 Å². The Bertz CT molecular complexity index is 1130. The van der Waals surface area contributed by atoms with E-state index in [1.807, 2.05) is 24.3 Å². The van der Waals surface area contributed by atoms with Crippen molar-refractivity contribution < 1.29 is 14.7 Å². The minimum atomic E-state index is -1.04. The predicted octanol–water partition coefficient (Wildman–Crippen LogP) is 4.46. The summed E-state index contributed by atoms with van der Waals surface area (Å²) in [5, 5.41) is 23.1. The van der Waals surface area contributed by atoms with Gasteiger partial charge in [0.2, 0.25) is 0 Å². The van der Waals surface area contributed by atoms with Crippen molar-refractivity contribution >= 4 is 23.0 Å². The van der Waals surface area contributed by atoms with E-state index in [0.717, 1.165) is 36.0 Å². The second-order valence-electron chi connectivity index (χ2n) is 9.64. The summed E-state index contributed by atoms with van der Waals surface area (Å²) in [6.45, 7) is 4.48. The van der Waals surface area contributed by atoms with Crippen LogP contribution in [0.1, 0.15) is 86.2 Å². The summed E-state index contributed by atoms with van der Waals surface area (Å²) < 4.78 is 0. The fourth-order valence-electron chi connectivity index (χ4n) is 4.44. The van der Waals surface area contributed by atoms with Crippen LogP contribution in [-0.4, -0.2) is 26.8 Å². The Labute approximate surface area is 187 Å². The number of aromatic nitrogens is 2. The van der Waals surface area contributed by atoms with E-state index >= 15 is 0 Å². The number of imidazole rings is 1. The monoisotopic (exact) mass is 432 g/mol. The Morgan fingerprint density at radius 3 is 2.59 bits per heavy atom. The lowest BCUT2D eigenvalue weighted by Crippen LogP contribution is -2.31. The molecular weight excluding hydrogens is 404 g/mol. The molecule has 4 rings (SSSR count).